The summed E-state index contributed by atoms with van der Waals surface area (Å²) in [6.07, 6.45) is 18.0. The fourth-order valence-electron chi connectivity index (χ4n) is 7.90. The molecule has 0 heterocycles. The molecule has 5 rings (SSSR count). The third-order valence-corrected chi connectivity index (χ3v) is 12.5. The van der Waals surface area contributed by atoms with Gasteiger partial charge in [-0.25, -0.2) is 33.6 Å². The summed E-state index contributed by atoms with van der Waals surface area (Å²) >= 11 is 0. The molecule has 0 unspecified atom stereocenters. The Bertz CT molecular complexity index is 2860. The van der Waals surface area contributed by atoms with Crippen LogP contribution in [0.2, 0.25) is 0 Å². The molecule has 0 amide bonds. The number of benzene rings is 5. The van der Waals surface area contributed by atoms with Crippen LogP contribution in [-0.4, -0.2) is 81.4 Å². The van der Waals surface area contributed by atoms with Gasteiger partial charge in [0, 0.05) is 18.2 Å². The molecule has 83 heavy (non-hydrogen) atoms. The zero-order valence-corrected chi connectivity index (χ0v) is 47.0. The number of esters is 7. The summed E-state index contributed by atoms with van der Waals surface area (Å²) in [6.45, 7) is 12.5. The molecule has 0 saturated heterocycles. The van der Waals surface area contributed by atoms with Crippen molar-refractivity contribution in [3.8, 4) is 34.5 Å². The van der Waals surface area contributed by atoms with Gasteiger partial charge in [-0.3, -0.25) is 0 Å². The van der Waals surface area contributed by atoms with Gasteiger partial charge in [-0.15, -0.1) is 0 Å². The van der Waals surface area contributed by atoms with Crippen molar-refractivity contribution < 1.29 is 80.9 Å². The largest absolute Gasteiger partial charge is 0.494 e. The molecule has 0 atom stereocenters. The molecular weight excluding hydrogens is 1060 g/mol. The van der Waals surface area contributed by atoms with Crippen molar-refractivity contribution >= 4 is 41.8 Å². The number of unbranched alkanes of at least 4 members (excludes halogenated alkanes) is 13. The maximum absolute atomic E-state index is 13.9. The first-order valence-electron chi connectivity index (χ1n) is 28.1. The normalized spacial score (nSPS) is 10.6. The highest BCUT2D eigenvalue weighted by molar-refractivity contribution is 5.97. The number of carbonyl (C=O) groups excluding carboxylic acids is 7. The van der Waals surface area contributed by atoms with Crippen molar-refractivity contribution in [2.45, 2.75) is 109 Å². The zero-order chi connectivity index (χ0) is 59.3. The Kier molecular flexibility index (Phi) is 29.6. The van der Waals surface area contributed by atoms with Gasteiger partial charge in [0.15, 0.2) is 0 Å². The van der Waals surface area contributed by atoms with Crippen molar-refractivity contribution in [3.63, 3.8) is 0 Å². The molecule has 0 saturated carbocycles. The van der Waals surface area contributed by atoms with Gasteiger partial charge in [-0.2, -0.15) is 0 Å². The lowest BCUT2D eigenvalue weighted by Gasteiger charge is -2.13. The Morgan fingerprint density at radius 1 is 0.313 bits per heavy atom. The maximum Gasteiger partial charge on any atom is 0.343 e. The number of hydrogen-bond acceptors (Lipinski definition) is 17. The summed E-state index contributed by atoms with van der Waals surface area (Å²) in [4.78, 5) is 87.2. The van der Waals surface area contributed by atoms with Gasteiger partial charge in [0.2, 0.25) is 0 Å². The van der Waals surface area contributed by atoms with Crippen LogP contribution in [0.15, 0.2) is 153 Å². The standard InChI is InChI=1S/C66H74O17/c1-4-60(67)77-44-20-13-9-7-11-17-41-74-54-35-27-51(28-36-54)64(71)82-57-39-40-59(83-65(72)52-29-37-55(38-30-52)75-42-18-12-8-10-14-21-45-78-61(68)5-2)58(47-57)66(73)80-48-49-23-31-56(32-24-49)81-63(70)50-25-33-53(34-26-50)76-43-19-15-16-22-46-79-62(69)6-3/h4-6,23-40,47H,1-3,7-22,41-46,48H2. The molecular formula is C66H74O17. The fourth-order valence-corrected chi connectivity index (χ4v) is 7.90. The summed E-state index contributed by atoms with van der Waals surface area (Å²) in [7, 11) is 0. The number of carbonyl (C=O) groups is 7. The Morgan fingerprint density at radius 2 is 0.627 bits per heavy atom. The summed E-state index contributed by atoms with van der Waals surface area (Å²) < 4.78 is 55.2. The van der Waals surface area contributed by atoms with Gasteiger partial charge in [0.25, 0.3) is 0 Å². The summed E-state index contributed by atoms with van der Waals surface area (Å²) in [5.41, 5.74) is 1.07. The second-order valence-electron chi connectivity index (χ2n) is 18.9. The molecule has 17 nitrogen and oxygen atoms in total. The van der Waals surface area contributed by atoms with Crippen LogP contribution in [0.25, 0.3) is 0 Å². The summed E-state index contributed by atoms with van der Waals surface area (Å²) in [5.74, 6) is -2.37. The smallest absolute Gasteiger partial charge is 0.343 e. The molecule has 0 aliphatic rings. The van der Waals surface area contributed by atoms with Crippen LogP contribution in [0.5, 0.6) is 34.5 Å². The highest BCUT2D eigenvalue weighted by Gasteiger charge is 2.22. The monoisotopic (exact) mass is 1140 g/mol. The van der Waals surface area contributed by atoms with Gasteiger partial charge >= 0.3 is 41.8 Å². The van der Waals surface area contributed by atoms with Crippen molar-refractivity contribution in [3.05, 3.63) is 181 Å². The van der Waals surface area contributed by atoms with Gasteiger partial charge < -0.3 is 47.4 Å². The summed E-state index contributed by atoms with van der Waals surface area (Å²) in [5, 5.41) is 0. The second kappa shape index (κ2) is 37.9. The Morgan fingerprint density at radius 3 is 1.00 bits per heavy atom. The quantitative estimate of drug-likeness (QED) is 0.0117. The van der Waals surface area contributed by atoms with Gasteiger partial charge in [-0.05, 0) is 160 Å². The fraction of sp³-hybridized carbons (Fsp3) is 0.348. The molecule has 5 aromatic carbocycles. The molecule has 0 radical (unpaired) electrons. The molecule has 0 aliphatic heterocycles. The van der Waals surface area contributed by atoms with E-state index in [1.54, 1.807) is 97.1 Å². The molecule has 0 spiro atoms. The van der Waals surface area contributed by atoms with Gasteiger partial charge in [0.05, 0.1) is 56.3 Å². The predicted molar refractivity (Wildman–Crippen MR) is 310 cm³/mol. The first kappa shape index (κ1) is 64.8. The molecule has 440 valence electrons. The predicted octanol–water partition coefficient (Wildman–Crippen LogP) is 13.3. The van der Waals surface area contributed by atoms with Crippen LogP contribution in [0, 0.1) is 0 Å². The topological polar surface area (TPSA) is 212 Å². The average molecular weight is 1140 g/mol. The Labute approximate surface area is 485 Å². The van der Waals surface area contributed by atoms with Crippen LogP contribution >= 0.6 is 0 Å². The highest BCUT2D eigenvalue weighted by Crippen LogP contribution is 2.29. The van der Waals surface area contributed by atoms with E-state index in [2.05, 4.69) is 19.7 Å². The van der Waals surface area contributed by atoms with Crippen LogP contribution in [0.4, 0.5) is 0 Å². The number of ether oxygens (including phenoxy) is 10. The van der Waals surface area contributed by atoms with Gasteiger partial charge in [-0.1, -0.05) is 83.2 Å². The first-order chi connectivity index (χ1) is 40.4. The lowest BCUT2D eigenvalue weighted by Crippen LogP contribution is -2.14. The van der Waals surface area contributed by atoms with Crippen LogP contribution < -0.4 is 28.4 Å². The van der Waals surface area contributed by atoms with E-state index in [0.717, 1.165) is 121 Å². The number of hydrogen-bond donors (Lipinski definition) is 0. The molecule has 0 fully saturated rings. The molecule has 0 aliphatic carbocycles. The SMILES string of the molecule is C=CC(=O)OCCCCCCCCOc1ccc(C(=O)Oc2ccc(OC(=O)c3ccc(OCCCCCCCCOC(=O)C=C)cc3)c(C(=O)OCc3ccc(OC(=O)c4ccc(OCCCCCCOC(=O)C=C)cc4)cc3)c2)cc1. The van der Waals surface area contributed by atoms with E-state index >= 15 is 0 Å². The van der Waals surface area contributed by atoms with Crippen molar-refractivity contribution in [2.24, 2.45) is 0 Å². The van der Waals surface area contributed by atoms with Crippen LogP contribution in [-0.2, 0) is 39.9 Å². The lowest BCUT2D eigenvalue weighted by atomic mass is 10.1. The molecule has 0 N–H and O–H groups in total. The first-order valence-corrected chi connectivity index (χ1v) is 28.1. The molecule has 17 heteroatoms. The molecule has 5 aromatic rings. The van der Waals surface area contributed by atoms with E-state index in [1.165, 1.54) is 18.2 Å². The Balaban J connectivity index is 1.13. The minimum atomic E-state index is -0.886. The van der Waals surface area contributed by atoms with Crippen LogP contribution in [0.1, 0.15) is 150 Å². The maximum atomic E-state index is 13.9. The number of rotatable bonds is 40. The molecule has 0 aromatic heterocycles. The lowest BCUT2D eigenvalue weighted by molar-refractivity contribution is -0.138. The van der Waals surface area contributed by atoms with Gasteiger partial charge in [0.1, 0.15) is 46.7 Å². The average Bonchev–Trinajstić information content (AvgIpc) is 3.56. The minimum absolute atomic E-state index is 0.0183. The zero-order valence-electron chi connectivity index (χ0n) is 47.0. The van der Waals surface area contributed by atoms with E-state index in [0.29, 0.717) is 68.0 Å². The van der Waals surface area contributed by atoms with E-state index < -0.39 is 41.8 Å². The van der Waals surface area contributed by atoms with Crippen molar-refractivity contribution in [1.82, 2.24) is 0 Å². The van der Waals surface area contributed by atoms with E-state index in [9.17, 15) is 33.6 Å². The molecule has 0 bridgehead atoms. The van der Waals surface area contributed by atoms with Crippen LogP contribution in [0.3, 0.4) is 0 Å². The second-order valence-corrected chi connectivity index (χ2v) is 18.9. The van der Waals surface area contributed by atoms with E-state index in [-0.39, 0.29) is 40.5 Å². The summed E-state index contributed by atoms with van der Waals surface area (Å²) in [6, 6.07) is 29.8. The Hall–Kier alpha value is -8.99. The third-order valence-electron chi connectivity index (χ3n) is 12.5. The van der Waals surface area contributed by atoms with Crippen molar-refractivity contribution in [2.75, 3.05) is 39.6 Å². The van der Waals surface area contributed by atoms with E-state index in [1.807, 2.05) is 0 Å². The van der Waals surface area contributed by atoms with Crippen molar-refractivity contribution in [1.29, 1.82) is 0 Å². The third kappa shape index (κ3) is 25.6. The highest BCUT2D eigenvalue weighted by atomic mass is 16.6. The van der Waals surface area contributed by atoms with E-state index in [4.69, 9.17) is 47.4 Å². The minimum Gasteiger partial charge on any atom is -0.494 e.